The number of aromatic nitrogens is 4. The van der Waals surface area contributed by atoms with Gasteiger partial charge in [0, 0.05) is 0 Å². The number of aromatic amines is 2. The van der Waals surface area contributed by atoms with Gasteiger partial charge in [-0.15, -0.1) is 0 Å². The van der Waals surface area contributed by atoms with Gasteiger partial charge >= 0.3 is 0 Å². The molecule has 28 heavy (non-hydrogen) atoms. The molecule has 1 aliphatic rings. The average molecular weight is 392 g/mol. The van der Waals surface area contributed by atoms with Crippen LogP contribution in [0, 0.1) is 0 Å². The number of H-pyrrole nitrogens is 2. The molecule has 0 spiro atoms. The van der Waals surface area contributed by atoms with E-state index in [2.05, 4.69) is 19.9 Å². The van der Waals surface area contributed by atoms with Crippen molar-refractivity contribution >= 4 is 0 Å². The van der Waals surface area contributed by atoms with Gasteiger partial charge in [0.25, 0.3) is 11.1 Å². The molecule has 10 nitrogen and oxygen atoms in total. The summed E-state index contributed by atoms with van der Waals surface area (Å²) < 4.78 is 9.61. The lowest BCUT2D eigenvalue weighted by atomic mass is 9.98. The molecule has 1 saturated carbocycles. The van der Waals surface area contributed by atoms with E-state index in [-0.39, 0.29) is 22.6 Å². The van der Waals surface area contributed by atoms with E-state index in [1.54, 1.807) is 13.8 Å². The van der Waals surface area contributed by atoms with E-state index in [1.807, 2.05) is 0 Å². The molecular weight excluding hydrogens is 364 g/mol. The molecule has 154 valence electrons. The first kappa shape index (κ1) is 21.6. The van der Waals surface area contributed by atoms with Gasteiger partial charge in [0.05, 0.1) is 37.7 Å². The lowest BCUT2D eigenvalue weighted by Crippen LogP contribution is -2.37. The Bertz CT molecular complexity index is 909. The highest BCUT2D eigenvalue weighted by atomic mass is 16.5. The summed E-state index contributed by atoms with van der Waals surface area (Å²) in [5.74, 6) is 1.43. The Morgan fingerprint density at radius 3 is 1.93 bits per heavy atom. The minimum atomic E-state index is -0.647. The fraction of sp³-hybridized carbons (Fsp3) is 0.556. The highest BCUT2D eigenvalue weighted by molar-refractivity contribution is 5.17. The zero-order valence-electron chi connectivity index (χ0n) is 16.7. The summed E-state index contributed by atoms with van der Waals surface area (Å²) in [4.78, 5) is 36.1. The number of rotatable bonds is 4. The van der Waals surface area contributed by atoms with Crippen LogP contribution in [0.4, 0.5) is 0 Å². The van der Waals surface area contributed by atoms with Gasteiger partial charge in [-0.05, 0) is 26.7 Å². The lowest BCUT2D eigenvalue weighted by molar-refractivity contribution is 0.393. The molecule has 1 aliphatic carbocycles. The molecule has 0 atom stereocenters. The van der Waals surface area contributed by atoms with Crippen LogP contribution in [-0.2, 0) is 11.1 Å². The van der Waals surface area contributed by atoms with Crippen molar-refractivity contribution in [3.05, 3.63) is 44.8 Å². The molecule has 2 aromatic heterocycles. The number of nitrogens with two attached hydrogens (primary N) is 2. The third-order valence-electron chi connectivity index (χ3n) is 4.55. The molecule has 2 heterocycles. The first-order chi connectivity index (χ1) is 13.1. The van der Waals surface area contributed by atoms with Crippen molar-refractivity contribution in [1.29, 1.82) is 0 Å². The highest BCUT2D eigenvalue weighted by Gasteiger charge is 2.33. The summed E-state index contributed by atoms with van der Waals surface area (Å²) in [5, 5.41) is 0. The SMILES string of the molecule is COc1cnc(C(C)(C)N)[nH]c1=O.COc1cnc(C2(N)CCCC2)[nH]c1=O. The van der Waals surface area contributed by atoms with Crippen molar-refractivity contribution in [3.8, 4) is 11.5 Å². The Balaban J connectivity index is 0.000000203. The molecular formula is C18H28N6O4. The quantitative estimate of drug-likeness (QED) is 0.584. The molecule has 3 rings (SSSR count). The molecule has 2 aromatic rings. The number of hydrogen-bond donors (Lipinski definition) is 4. The third kappa shape index (κ3) is 4.96. The topological polar surface area (TPSA) is 162 Å². The maximum absolute atomic E-state index is 11.5. The molecule has 0 aromatic carbocycles. The molecule has 0 amide bonds. The maximum Gasteiger partial charge on any atom is 0.293 e. The lowest BCUT2D eigenvalue weighted by Gasteiger charge is -2.21. The Labute approximate surface area is 162 Å². The zero-order chi connectivity index (χ0) is 20.9. The molecule has 0 aliphatic heterocycles. The van der Waals surface area contributed by atoms with Crippen LogP contribution < -0.4 is 32.1 Å². The number of nitrogens with one attached hydrogen (secondary N) is 2. The van der Waals surface area contributed by atoms with Gasteiger partial charge in [0.2, 0.25) is 11.5 Å². The Morgan fingerprint density at radius 1 is 1.00 bits per heavy atom. The van der Waals surface area contributed by atoms with Crippen LogP contribution in [-0.4, -0.2) is 34.2 Å². The minimum Gasteiger partial charge on any atom is -0.490 e. The average Bonchev–Trinajstić information content (AvgIpc) is 3.09. The second-order valence-electron chi connectivity index (χ2n) is 7.34. The van der Waals surface area contributed by atoms with Gasteiger partial charge in [-0.25, -0.2) is 9.97 Å². The van der Waals surface area contributed by atoms with Gasteiger partial charge in [-0.1, -0.05) is 12.8 Å². The summed E-state index contributed by atoms with van der Waals surface area (Å²) in [6.45, 7) is 3.52. The summed E-state index contributed by atoms with van der Waals surface area (Å²) >= 11 is 0. The van der Waals surface area contributed by atoms with E-state index >= 15 is 0 Å². The van der Waals surface area contributed by atoms with Crippen molar-refractivity contribution in [2.75, 3.05) is 14.2 Å². The predicted octanol–water partition coefficient (Wildman–Crippen LogP) is 0.479. The van der Waals surface area contributed by atoms with Crippen molar-refractivity contribution in [2.45, 2.75) is 50.6 Å². The summed E-state index contributed by atoms with van der Waals surface area (Å²) in [6, 6.07) is 0. The van der Waals surface area contributed by atoms with E-state index in [0.29, 0.717) is 11.6 Å². The van der Waals surface area contributed by atoms with Gasteiger partial charge in [-0.2, -0.15) is 0 Å². The summed E-state index contributed by atoms with van der Waals surface area (Å²) in [5.41, 5.74) is 10.2. The van der Waals surface area contributed by atoms with Crippen molar-refractivity contribution < 1.29 is 9.47 Å². The molecule has 0 saturated heterocycles. The summed E-state index contributed by atoms with van der Waals surface area (Å²) in [6.07, 6.45) is 6.73. The van der Waals surface area contributed by atoms with E-state index in [9.17, 15) is 9.59 Å². The van der Waals surface area contributed by atoms with E-state index < -0.39 is 11.1 Å². The smallest absolute Gasteiger partial charge is 0.293 e. The Morgan fingerprint density at radius 2 is 1.50 bits per heavy atom. The van der Waals surface area contributed by atoms with Crippen LogP contribution in [0.25, 0.3) is 0 Å². The molecule has 0 unspecified atom stereocenters. The van der Waals surface area contributed by atoms with Crippen LogP contribution >= 0.6 is 0 Å². The third-order valence-corrected chi connectivity index (χ3v) is 4.55. The molecule has 10 heteroatoms. The first-order valence-electron chi connectivity index (χ1n) is 8.96. The number of ether oxygens (including phenoxy) is 2. The molecule has 0 radical (unpaired) electrons. The van der Waals surface area contributed by atoms with E-state index in [0.717, 1.165) is 25.7 Å². The molecule has 1 fully saturated rings. The highest BCUT2D eigenvalue weighted by Crippen LogP contribution is 2.33. The molecule has 0 bridgehead atoms. The number of nitrogens with zero attached hydrogens (tertiary/aromatic N) is 2. The van der Waals surface area contributed by atoms with E-state index in [1.165, 1.54) is 26.6 Å². The van der Waals surface area contributed by atoms with Crippen LogP contribution in [0.1, 0.15) is 51.2 Å². The Hall–Kier alpha value is -2.72. The fourth-order valence-corrected chi connectivity index (χ4v) is 2.88. The van der Waals surface area contributed by atoms with Crippen LogP contribution in [0.15, 0.2) is 22.0 Å². The zero-order valence-corrected chi connectivity index (χ0v) is 16.7. The van der Waals surface area contributed by atoms with Crippen molar-refractivity contribution in [3.63, 3.8) is 0 Å². The molecule has 6 N–H and O–H groups in total. The van der Waals surface area contributed by atoms with Crippen LogP contribution in [0.5, 0.6) is 11.5 Å². The number of methoxy groups -OCH3 is 2. The monoisotopic (exact) mass is 392 g/mol. The Kier molecular flexibility index (Phi) is 6.57. The fourth-order valence-electron chi connectivity index (χ4n) is 2.88. The second-order valence-corrected chi connectivity index (χ2v) is 7.34. The van der Waals surface area contributed by atoms with Gasteiger partial charge in [0.15, 0.2) is 0 Å². The largest absolute Gasteiger partial charge is 0.490 e. The van der Waals surface area contributed by atoms with Gasteiger partial charge in [0.1, 0.15) is 11.6 Å². The normalized spacial score (nSPS) is 15.5. The second kappa shape index (κ2) is 8.53. The van der Waals surface area contributed by atoms with Crippen LogP contribution in [0.2, 0.25) is 0 Å². The maximum atomic E-state index is 11.5. The van der Waals surface area contributed by atoms with Gasteiger partial charge in [-0.3, -0.25) is 9.59 Å². The van der Waals surface area contributed by atoms with Gasteiger partial charge < -0.3 is 30.9 Å². The van der Waals surface area contributed by atoms with Crippen molar-refractivity contribution in [2.24, 2.45) is 11.5 Å². The predicted molar refractivity (Wildman–Crippen MR) is 104 cm³/mol. The number of hydrogen-bond acceptors (Lipinski definition) is 8. The standard InChI is InChI=1S/C10H15N3O2.C8H13N3O2/c1-15-7-6-12-9(13-8(7)14)10(11)4-2-3-5-10;1-8(2,9)7-10-4-5(13-3)6(12)11-7/h6H,2-5,11H2,1H3,(H,12,13,14);4H,9H2,1-3H3,(H,10,11,12). The summed E-state index contributed by atoms with van der Waals surface area (Å²) in [7, 11) is 2.86. The van der Waals surface area contributed by atoms with Crippen LogP contribution in [0.3, 0.4) is 0 Å². The first-order valence-corrected chi connectivity index (χ1v) is 8.96. The van der Waals surface area contributed by atoms with Crippen molar-refractivity contribution in [1.82, 2.24) is 19.9 Å². The van der Waals surface area contributed by atoms with E-state index in [4.69, 9.17) is 20.9 Å². The minimum absolute atomic E-state index is 0.188.